The number of nitrogens with two attached hydrogens (primary N) is 1. The summed E-state index contributed by atoms with van der Waals surface area (Å²) in [5, 5.41) is 0. The van der Waals surface area contributed by atoms with Gasteiger partial charge in [-0.2, -0.15) is 0 Å². The number of hydrogen-bond acceptors (Lipinski definition) is 2. The largest absolute Gasteiger partial charge is 0.496 e. The maximum atomic E-state index is 6.09. The van der Waals surface area contributed by atoms with Gasteiger partial charge in [0.1, 0.15) is 5.75 Å². The molecular formula is C16H25N3O. The molecule has 0 saturated carbocycles. The van der Waals surface area contributed by atoms with E-state index >= 15 is 0 Å². The summed E-state index contributed by atoms with van der Waals surface area (Å²) in [6, 6.07) is 6.13. The summed E-state index contributed by atoms with van der Waals surface area (Å²) in [4.78, 5) is 6.71. The van der Waals surface area contributed by atoms with E-state index in [1.165, 1.54) is 12.8 Å². The van der Waals surface area contributed by atoms with Crippen LogP contribution in [-0.2, 0) is 6.54 Å². The molecule has 0 radical (unpaired) electrons. The molecule has 0 aliphatic carbocycles. The predicted molar refractivity (Wildman–Crippen MR) is 83.0 cm³/mol. The molecule has 1 heterocycles. The van der Waals surface area contributed by atoms with Crippen molar-refractivity contribution < 1.29 is 4.74 Å². The Morgan fingerprint density at radius 3 is 2.70 bits per heavy atom. The van der Waals surface area contributed by atoms with Crippen LogP contribution in [0.25, 0.3) is 0 Å². The number of aliphatic imine (C=N–C) groups is 1. The molecule has 1 fully saturated rings. The molecule has 0 atom stereocenters. The van der Waals surface area contributed by atoms with Gasteiger partial charge in [0.05, 0.1) is 13.7 Å². The average Bonchev–Trinajstić information content (AvgIpc) is 2.45. The van der Waals surface area contributed by atoms with E-state index in [0.29, 0.717) is 12.5 Å². The molecule has 1 aromatic rings. The number of likely N-dealkylation sites (tertiary alicyclic amines) is 1. The number of hydrogen-bond donors (Lipinski definition) is 1. The van der Waals surface area contributed by atoms with Crippen molar-refractivity contribution in [1.29, 1.82) is 0 Å². The topological polar surface area (TPSA) is 50.9 Å². The molecule has 2 rings (SSSR count). The number of aryl methyl sites for hydroxylation is 1. The first-order valence-electron chi connectivity index (χ1n) is 7.28. The Balaban J connectivity index is 1.96. The number of piperidine rings is 1. The molecule has 0 aromatic heterocycles. The third-order valence-electron chi connectivity index (χ3n) is 3.99. The van der Waals surface area contributed by atoms with Gasteiger partial charge in [-0.25, -0.2) is 4.99 Å². The highest BCUT2D eigenvalue weighted by Crippen LogP contribution is 2.19. The Labute approximate surface area is 121 Å². The lowest BCUT2D eigenvalue weighted by Gasteiger charge is -2.31. The number of benzene rings is 1. The summed E-state index contributed by atoms with van der Waals surface area (Å²) in [7, 11) is 1.69. The van der Waals surface area contributed by atoms with Crippen LogP contribution in [0.5, 0.6) is 5.75 Å². The maximum absolute atomic E-state index is 6.09. The van der Waals surface area contributed by atoms with E-state index in [4.69, 9.17) is 10.5 Å². The van der Waals surface area contributed by atoms with E-state index in [-0.39, 0.29) is 0 Å². The minimum atomic E-state index is 0.628. The van der Waals surface area contributed by atoms with Gasteiger partial charge in [0.25, 0.3) is 0 Å². The Morgan fingerprint density at radius 2 is 2.10 bits per heavy atom. The summed E-state index contributed by atoms with van der Waals surface area (Å²) < 4.78 is 5.26. The summed E-state index contributed by atoms with van der Waals surface area (Å²) in [6.07, 6.45) is 2.41. The van der Waals surface area contributed by atoms with Crippen LogP contribution in [0, 0.1) is 12.8 Å². The Morgan fingerprint density at radius 1 is 1.40 bits per heavy atom. The van der Waals surface area contributed by atoms with Crippen LogP contribution in [0.4, 0.5) is 0 Å². The van der Waals surface area contributed by atoms with Crippen LogP contribution >= 0.6 is 0 Å². The van der Waals surface area contributed by atoms with Crippen LogP contribution in [-0.4, -0.2) is 31.1 Å². The molecule has 4 heteroatoms. The summed E-state index contributed by atoms with van der Waals surface area (Å²) >= 11 is 0. The van der Waals surface area contributed by atoms with E-state index in [0.717, 1.165) is 35.9 Å². The van der Waals surface area contributed by atoms with Gasteiger partial charge in [-0.05, 0) is 42.9 Å². The van der Waals surface area contributed by atoms with Gasteiger partial charge in [0.15, 0.2) is 5.96 Å². The SMILES string of the molecule is COc1ccc(CN=C(N)N2CCC(C)CC2)cc1C. The highest BCUT2D eigenvalue weighted by atomic mass is 16.5. The molecule has 4 nitrogen and oxygen atoms in total. The van der Waals surface area contributed by atoms with Gasteiger partial charge < -0.3 is 15.4 Å². The number of ether oxygens (including phenoxy) is 1. The third-order valence-corrected chi connectivity index (χ3v) is 3.99. The van der Waals surface area contributed by atoms with E-state index in [1.807, 2.05) is 19.1 Å². The van der Waals surface area contributed by atoms with Gasteiger partial charge >= 0.3 is 0 Å². The quantitative estimate of drug-likeness (QED) is 0.681. The first-order chi connectivity index (χ1) is 9.60. The smallest absolute Gasteiger partial charge is 0.191 e. The van der Waals surface area contributed by atoms with E-state index in [1.54, 1.807) is 7.11 Å². The number of nitrogens with zero attached hydrogens (tertiary/aromatic N) is 2. The lowest BCUT2D eigenvalue weighted by molar-refractivity contribution is 0.277. The van der Waals surface area contributed by atoms with E-state index in [2.05, 4.69) is 22.9 Å². The van der Waals surface area contributed by atoms with Crippen molar-refractivity contribution in [3.05, 3.63) is 29.3 Å². The lowest BCUT2D eigenvalue weighted by Crippen LogP contribution is -2.42. The molecule has 0 spiro atoms. The third kappa shape index (κ3) is 3.65. The van der Waals surface area contributed by atoms with Gasteiger partial charge in [0, 0.05) is 13.1 Å². The molecular weight excluding hydrogens is 250 g/mol. The normalized spacial score (nSPS) is 17.4. The molecule has 20 heavy (non-hydrogen) atoms. The molecule has 1 saturated heterocycles. The van der Waals surface area contributed by atoms with Crippen molar-refractivity contribution in [3.63, 3.8) is 0 Å². The highest BCUT2D eigenvalue weighted by molar-refractivity contribution is 5.78. The zero-order valence-corrected chi connectivity index (χ0v) is 12.7. The molecule has 110 valence electrons. The average molecular weight is 275 g/mol. The van der Waals surface area contributed by atoms with Crippen LogP contribution in [0.2, 0.25) is 0 Å². The van der Waals surface area contributed by atoms with Crippen LogP contribution in [0.15, 0.2) is 23.2 Å². The molecule has 0 bridgehead atoms. The second-order valence-corrected chi connectivity index (χ2v) is 5.65. The second-order valence-electron chi connectivity index (χ2n) is 5.65. The number of guanidine groups is 1. The van der Waals surface area contributed by atoms with Crippen LogP contribution in [0.3, 0.4) is 0 Å². The lowest BCUT2D eigenvalue weighted by atomic mass is 10.00. The zero-order chi connectivity index (χ0) is 14.5. The van der Waals surface area contributed by atoms with Crippen molar-refractivity contribution in [2.24, 2.45) is 16.6 Å². The fraction of sp³-hybridized carbons (Fsp3) is 0.562. The molecule has 0 amide bonds. The molecule has 1 aliphatic heterocycles. The first kappa shape index (κ1) is 14.7. The van der Waals surface area contributed by atoms with Crippen molar-refractivity contribution in [1.82, 2.24) is 4.90 Å². The van der Waals surface area contributed by atoms with E-state index in [9.17, 15) is 0 Å². The molecule has 1 aliphatic rings. The van der Waals surface area contributed by atoms with Crippen molar-refractivity contribution in [2.45, 2.75) is 33.2 Å². The summed E-state index contributed by atoms with van der Waals surface area (Å²) in [5.41, 5.74) is 8.38. The van der Waals surface area contributed by atoms with Crippen molar-refractivity contribution >= 4 is 5.96 Å². The van der Waals surface area contributed by atoms with Gasteiger partial charge in [-0.1, -0.05) is 19.1 Å². The Bertz CT molecular complexity index is 477. The molecule has 1 aromatic carbocycles. The Hall–Kier alpha value is -1.71. The van der Waals surface area contributed by atoms with Gasteiger partial charge in [0.2, 0.25) is 0 Å². The van der Waals surface area contributed by atoms with Crippen LogP contribution < -0.4 is 10.5 Å². The van der Waals surface area contributed by atoms with E-state index < -0.39 is 0 Å². The minimum absolute atomic E-state index is 0.628. The number of rotatable bonds is 3. The first-order valence-corrected chi connectivity index (χ1v) is 7.28. The van der Waals surface area contributed by atoms with Crippen molar-refractivity contribution in [3.8, 4) is 5.75 Å². The van der Waals surface area contributed by atoms with Gasteiger partial charge in [-0.15, -0.1) is 0 Å². The predicted octanol–water partition coefficient (Wildman–Crippen LogP) is 2.55. The summed E-state index contributed by atoms with van der Waals surface area (Å²) in [6.45, 7) is 7.02. The minimum Gasteiger partial charge on any atom is -0.496 e. The van der Waals surface area contributed by atoms with Crippen LogP contribution in [0.1, 0.15) is 30.9 Å². The van der Waals surface area contributed by atoms with Gasteiger partial charge in [-0.3, -0.25) is 0 Å². The zero-order valence-electron chi connectivity index (χ0n) is 12.7. The standard InChI is InChI=1S/C16H25N3O/c1-12-6-8-19(9-7-12)16(17)18-11-14-4-5-15(20-3)13(2)10-14/h4-5,10,12H,6-9,11H2,1-3H3,(H2,17,18). The highest BCUT2D eigenvalue weighted by Gasteiger charge is 2.16. The molecule has 0 unspecified atom stereocenters. The monoisotopic (exact) mass is 275 g/mol. The molecule has 2 N–H and O–H groups in total. The summed E-state index contributed by atoms with van der Waals surface area (Å²) in [5.74, 6) is 2.39. The second kappa shape index (κ2) is 6.64. The Kier molecular flexibility index (Phi) is 4.88. The van der Waals surface area contributed by atoms with Crippen molar-refractivity contribution in [2.75, 3.05) is 20.2 Å². The number of methoxy groups -OCH3 is 1. The fourth-order valence-corrected chi connectivity index (χ4v) is 2.55. The maximum Gasteiger partial charge on any atom is 0.191 e. The fourth-order valence-electron chi connectivity index (χ4n) is 2.55.